The van der Waals surface area contributed by atoms with Gasteiger partial charge in [0.05, 0.1) is 22.0 Å². The van der Waals surface area contributed by atoms with E-state index in [2.05, 4.69) is 0 Å². The first-order chi connectivity index (χ1) is 14.8. The molecule has 0 saturated heterocycles. The minimum Gasteiger partial charge on any atom is -0.494 e. The van der Waals surface area contributed by atoms with Gasteiger partial charge in [-0.3, -0.25) is 14.2 Å². The van der Waals surface area contributed by atoms with Gasteiger partial charge >= 0.3 is 0 Å². The second kappa shape index (κ2) is 8.20. The highest BCUT2D eigenvalue weighted by atomic mass is 35.5. The van der Waals surface area contributed by atoms with Crippen LogP contribution in [0, 0.1) is 18.3 Å². The highest BCUT2D eigenvalue weighted by Crippen LogP contribution is 2.39. The van der Waals surface area contributed by atoms with Crippen LogP contribution in [0.2, 0.25) is 10.0 Å². The second-order valence-electron chi connectivity index (χ2n) is 6.90. The first-order valence-electron chi connectivity index (χ1n) is 9.16. The lowest BCUT2D eigenvalue weighted by Crippen LogP contribution is -2.27. The lowest BCUT2D eigenvalue weighted by molar-refractivity contribution is 0.103. The third-order valence-corrected chi connectivity index (χ3v) is 6.90. The van der Waals surface area contributed by atoms with E-state index in [4.69, 9.17) is 23.2 Å². The number of ketones is 1. The van der Waals surface area contributed by atoms with Crippen molar-refractivity contribution < 1.29 is 9.90 Å². The summed E-state index contributed by atoms with van der Waals surface area (Å²) >= 11 is 13.6. The van der Waals surface area contributed by atoms with Crippen LogP contribution in [0.3, 0.4) is 0 Å². The summed E-state index contributed by atoms with van der Waals surface area (Å²) in [5, 5.41) is 21.9. The van der Waals surface area contributed by atoms with Gasteiger partial charge in [0.15, 0.2) is 0 Å². The predicted molar refractivity (Wildman–Crippen MR) is 123 cm³/mol. The molecule has 1 N–H and O–H groups in total. The Labute approximate surface area is 191 Å². The summed E-state index contributed by atoms with van der Waals surface area (Å²) in [4.78, 5) is 26.5. The zero-order valence-corrected chi connectivity index (χ0v) is 18.5. The quantitative estimate of drug-likeness (QED) is 0.398. The predicted octanol–water partition coefficient (Wildman–Crippen LogP) is 5.53. The lowest BCUT2D eigenvalue weighted by Gasteiger charge is -2.15. The number of pyridine rings is 1. The Morgan fingerprint density at radius 2 is 1.90 bits per heavy atom. The zero-order valence-electron chi connectivity index (χ0n) is 16.1. The summed E-state index contributed by atoms with van der Waals surface area (Å²) < 4.78 is 1.75. The number of thiophene rings is 1. The summed E-state index contributed by atoms with van der Waals surface area (Å²) in [6, 6.07) is 16.0. The number of rotatable bonds is 4. The maximum absolute atomic E-state index is 13.5. The fourth-order valence-corrected chi connectivity index (χ4v) is 5.17. The Morgan fingerprint density at radius 3 is 2.58 bits per heavy atom. The summed E-state index contributed by atoms with van der Waals surface area (Å²) in [7, 11) is 0. The largest absolute Gasteiger partial charge is 0.494 e. The Kier molecular flexibility index (Phi) is 5.59. The molecular weight excluding hydrogens is 455 g/mol. The number of benzene rings is 2. The van der Waals surface area contributed by atoms with Crippen molar-refractivity contribution >= 4 is 50.4 Å². The molecule has 0 aliphatic carbocycles. The van der Waals surface area contributed by atoms with E-state index in [1.54, 1.807) is 42.5 Å². The van der Waals surface area contributed by atoms with Crippen LogP contribution < -0.4 is 5.56 Å². The number of nitrogens with zero attached hydrogens (tertiary/aromatic N) is 2. The van der Waals surface area contributed by atoms with Crippen molar-refractivity contribution in [2.24, 2.45) is 0 Å². The van der Waals surface area contributed by atoms with Crippen molar-refractivity contribution in [1.29, 1.82) is 5.26 Å². The summed E-state index contributed by atoms with van der Waals surface area (Å²) in [5.41, 5.74) is -0.123. The molecule has 0 spiro atoms. The Hall–Kier alpha value is -3.11. The van der Waals surface area contributed by atoms with Crippen molar-refractivity contribution in [2.75, 3.05) is 0 Å². The fraction of sp³-hybridized carbons (Fsp3) is 0.0870. The van der Waals surface area contributed by atoms with E-state index in [0.717, 1.165) is 26.2 Å². The number of halogens is 2. The molecule has 0 bridgehead atoms. The molecule has 0 amide bonds. The molecule has 0 radical (unpaired) electrons. The maximum atomic E-state index is 13.5. The molecule has 0 unspecified atom stereocenters. The highest BCUT2D eigenvalue weighted by molar-refractivity contribution is 7.21. The van der Waals surface area contributed by atoms with Crippen LogP contribution in [0.15, 0.2) is 53.3 Å². The molecule has 0 saturated carbocycles. The Morgan fingerprint density at radius 1 is 1.19 bits per heavy atom. The van der Waals surface area contributed by atoms with Gasteiger partial charge in [-0.25, -0.2) is 0 Å². The molecule has 0 aliphatic rings. The minimum atomic E-state index is -0.660. The van der Waals surface area contributed by atoms with Crippen LogP contribution in [-0.2, 0) is 6.54 Å². The molecular formula is C23H14Cl2N2O3S. The number of hydrogen-bond donors (Lipinski definition) is 1. The van der Waals surface area contributed by atoms with Crippen LogP contribution in [-0.4, -0.2) is 15.5 Å². The van der Waals surface area contributed by atoms with E-state index in [-0.39, 0.29) is 33.1 Å². The average molecular weight is 469 g/mol. The summed E-state index contributed by atoms with van der Waals surface area (Å²) in [6.07, 6.45) is 0. The molecule has 31 heavy (non-hydrogen) atoms. The van der Waals surface area contributed by atoms with Crippen molar-refractivity contribution in [2.45, 2.75) is 13.5 Å². The number of aromatic nitrogens is 1. The number of carbonyl (C=O) groups excluding carboxylic acids is 1. The topological polar surface area (TPSA) is 83.1 Å². The minimum absolute atomic E-state index is 0.0104. The summed E-state index contributed by atoms with van der Waals surface area (Å²) in [6.45, 7) is 1.48. The number of nitriles is 1. The molecule has 4 rings (SSSR count). The number of carbonyl (C=O) groups is 1. The molecule has 2 heterocycles. The first-order valence-corrected chi connectivity index (χ1v) is 10.7. The smallest absolute Gasteiger partial charge is 0.271 e. The Balaban J connectivity index is 1.93. The van der Waals surface area contributed by atoms with Gasteiger partial charge in [0.1, 0.15) is 11.6 Å². The van der Waals surface area contributed by atoms with Gasteiger partial charge in [-0.1, -0.05) is 59.6 Å². The van der Waals surface area contributed by atoms with Crippen molar-refractivity contribution in [3.8, 4) is 11.9 Å². The summed E-state index contributed by atoms with van der Waals surface area (Å²) in [5.74, 6) is -1.06. The van der Waals surface area contributed by atoms with Crippen LogP contribution in [0.4, 0.5) is 0 Å². The van der Waals surface area contributed by atoms with Crippen molar-refractivity contribution in [3.63, 3.8) is 0 Å². The molecule has 2 aromatic carbocycles. The van der Waals surface area contributed by atoms with Gasteiger partial charge in [0, 0.05) is 15.1 Å². The first kappa shape index (κ1) is 21.1. The van der Waals surface area contributed by atoms with E-state index in [9.17, 15) is 20.0 Å². The van der Waals surface area contributed by atoms with E-state index in [1.807, 2.05) is 12.1 Å². The monoisotopic (exact) mass is 468 g/mol. The Bertz CT molecular complexity index is 1450. The lowest BCUT2D eigenvalue weighted by atomic mass is 10.0. The number of hydrogen-bond acceptors (Lipinski definition) is 5. The van der Waals surface area contributed by atoms with Crippen LogP contribution in [0.1, 0.15) is 31.9 Å². The van der Waals surface area contributed by atoms with Crippen molar-refractivity contribution in [3.05, 3.63) is 96.1 Å². The number of aromatic hydroxyl groups is 1. The van der Waals surface area contributed by atoms with E-state index in [0.29, 0.717) is 10.4 Å². The number of fused-ring (bicyclic) bond motifs is 1. The maximum Gasteiger partial charge on any atom is 0.271 e. The third kappa shape index (κ3) is 3.61. The molecule has 0 atom stereocenters. The molecule has 8 heteroatoms. The van der Waals surface area contributed by atoms with Crippen molar-refractivity contribution in [1.82, 2.24) is 4.57 Å². The van der Waals surface area contributed by atoms with Gasteiger partial charge < -0.3 is 5.11 Å². The van der Waals surface area contributed by atoms with Gasteiger partial charge in [-0.15, -0.1) is 11.3 Å². The standard InChI is InChI=1S/C23H14Cl2N2O3S/c1-12-16(10-26)22(29)27(11-13-5-3-2-4-6-13)23(30)18(12)20(28)21-19(25)15-8-7-14(24)9-17(15)31-21/h2-9,30H,11H2,1H3. The van der Waals surface area contributed by atoms with E-state index in [1.165, 1.54) is 6.92 Å². The van der Waals surface area contributed by atoms with Gasteiger partial charge in [-0.05, 0) is 30.2 Å². The van der Waals surface area contributed by atoms with E-state index >= 15 is 0 Å². The normalized spacial score (nSPS) is 10.9. The molecule has 2 aromatic heterocycles. The molecule has 0 fully saturated rings. The van der Waals surface area contributed by atoms with E-state index < -0.39 is 17.2 Å². The molecule has 0 aliphatic heterocycles. The van der Waals surface area contributed by atoms with Crippen LogP contribution in [0.25, 0.3) is 10.1 Å². The SMILES string of the molecule is Cc1c(C(=O)c2sc3cc(Cl)ccc3c2Cl)c(O)n(Cc2ccccc2)c(=O)c1C#N. The molecule has 154 valence electrons. The van der Waals surface area contributed by atoms with Gasteiger partial charge in [-0.2, -0.15) is 5.26 Å². The second-order valence-corrected chi connectivity index (χ2v) is 8.77. The highest BCUT2D eigenvalue weighted by Gasteiger charge is 2.28. The zero-order chi connectivity index (χ0) is 22.3. The fourth-order valence-electron chi connectivity index (χ4n) is 3.43. The average Bonchev–Trinajstić information content (AvgIpc) is 3.08. The van der Waals surface area contributed by atoms with Gasteiger partial charge in [0.2, 0.25) is 11.7 Å². The van der Waals surface area contributed by atoms with Crippen LogP contribution in [0.5, 0.6) is 5.88 Å². The molecule has 5 nitrogen and oxygen atoms in total. The van der Waals surface area contributed by atoms with Crippen LogP contribution >= 0.6 is 34.5 Å². The molecule has 4 aromatic rings. The van der Waals surface area contributed by atoms with Gasteiger partial charge in [0.25, 0.3) is 5.56 Å². The third-order valence-electron chi connectivity index (χ3n) is 5.01.